The smallest absolute Gasteiger partial charge is 0.227 e. The molecule has 0 bridgehead atoms. The van der Waals surface area contributed by atoms with Crippen molar-refractivity contribution < 1.29 is 18.8 Å². The van der Waals surface area contributed by atoms with E-state index in [2.05, 4.69) is 10.1 Å². The lowest BCUT2D eigenvalue weighted by Crippen LogP contribution is -2.08. The molecule has 0 fully saturated rings. The van der Waals surface area contributed by atoms with Gasteiger partial charge in [-0.3, -0.25) is 4.79 Å². The van der Waals surface area contributed by atoms with Gasteiger partial charge >= 0.3 is 0 Å². The van der Waals surface area contributed by atoms with Gasteiger partial charge in [-0.2, -0.15) is 4.98 Å². The van der Waals surface area contributed by atoms with Gasteiger partial charge < -0.3 is 18.8 Å². The summed E-state index contributed by atoms with van der Waals surface area (Å²) < 4.78 is 15.2. The third-order valence-corrected chi connectivity index (χ3v) is 2.34. The van der Waals surface area contributed by atoms with Crippen LogP contribution in [0.1, 0.15) is 30.8 Å². The minimum atomic E-state index is -0.368. The van der Waals surface area contributed by atoms with Gasteiger partial charge in [0.15, 0.2) is 6.61 Å². The summed E-state index contributed by atoms with van der Waals surface area (Å²) in [5.41, 5.74) is -0.368. The molecule has 0 aliphatic carbocycles. The van der Waals surface area contributed by atoms with Gasteiger partial charge in [-0.05, 0) is 6.42 Å². The number of aromatic nitrogens is 2. The molecule has 2 aromatic rings. The van der Waals surface area contributed by atoms with E-state index in [-0.39, 0.29) is 30.2 Å². The Labute approximate surface area is 108 Å². The van der Waals surface area contributed by atoms with Crippen LogP contribution in [0.4, 0.5) is 0 Å². The summed E-state index contributed by atoms with van der Waals surface area (Å²) in [6, 6.07) is 1.17. The molecule has 0 spiro atoms. The molecule has 19 heavy (non-hydrogen) atoms. The molecular formula is C12H14N2O5. The summed E-state index contributed by atoms with van der Waals surface area (Å²) in [7, 11) is 0. The van der Waals surface area contributed by atoms with Gasteiger partial charge in [0, 0.05) is 12.5 Å². The first kappa shape index (κ1) is 13.3. The molecule has 0 saturated carbocycles. The van der Waals surface area contributed by atoms with Crippen molar-refractivity contribution in [1.29, 1.82) is 0 Å². The van der Waals surface area contributed by atoms with E-state index in [9.17, 15) is 4.79 Å². The average molecular weight is 266 g/mol. The Morgan fingerprint density at radius 3 is 3.00 bits per heavy atom. The van der Waals surface area contributed by atoms with E-state index in [0.29, 0.717) is 18.1 Å². The standard InChI is InChI=1S/C12H14N2O5/c1-2-3-12-13-11(14-19-12)7-18-10-6-17-8(5-15)4-9(10)16/h4,6,15H,2-3,5,7H2,1H3. The third-order valence-electron chi connectivity index (χ3n) is 2.34. The zero-order chi connectivity index (χ0) is 13.7. The molecule has 0 unspecified atom stereocenters. The molecule has 1 N–H and O–H groups in total. The SMILES string of the molecule is CCCc1nc(COc2coc(CO)cc2=O)no1. The lowest BCUT2D eigenvalue weighted by molar-refractivity contribution is 0.234. The van der Waals surface area contributed by atoms with E-state index >= 15 is 0 Å². The summed E-state index contributed by atoms with van der Waals surface area (Å²) in [4.78, 5) is 15.7. The van der Waals surface area contributed by atoms with Crippen LogP contribution >= 0.6 is 0 Å². The summed E-state index contributed by atoms with van der Waals surface area (Å²) in [6.45, 7) is 1.70. The normalized spacial score (nSPS) is 10.6. The number of aliphatic hydroxyl groups excluding tert-OH is 1. The Bertz CT molecular complexity index is 590. The Kier molecular flexibility index (Phi) is 4.30. The van der Waals surface area contributed by atoms with Crippen LogP contribution in [0.25, 0.3) is 0 Å². The van der Waals surface area contributed by atoms with E-state index in [4.69, 9.17) is 18.8 Å². The molecule has 2 rings (SSSR count). The first-order valence-electron chi connectivity index (χ1n) is 5.89. The molecule has 0 saturated heterocycles. The van der Waals surface area contributed by atoms with Crippen molar-refractivity contribution in [3.8, 4) is 5.75 Å². The maximum atomic E-state index is 11.6. The zero-order valence-electron chi connectivity index (χ0n) is 10.5. The highest BCUT2D eigenvalue weighted by atomic mass is 16.5. The quantitative estimate of drug-likeness (QED) is 0.834. The minimum absolute atomic E-state index is 0.0243. The van der Waals surface area contributed by atoms with E-state index in [1.165, 1.54) is 6.07 Å². The molecule has 0 radical (unpaired) electrons. The maximum Gasteiger partial charge on any atom is 0.227 e. The number of rotatable bonds is 6. The molecular weight excluding hydrogens is 252 g/mol. The van der Waals surface area contributed by atoms with Gasteiger partial charge in [0.25, 0.3) is 0 Å². The molecule has 0 aliphatic rings. The predicted molar refractivity (Wildman–Crippen MR) is 63.5 cm³/mol. The van der Waals surface area contributed by atoms with Crippen molar-refractivity contribution in [2.24, 2.45) is 0 Å². The molecule has 0 amide bonds. The van der Waals surface area contributed by atoms with Crippen LogP contribution in [0.5, 0.6) is 5.75 Å². The molecule has 0 aromatic carbocycles. The number of hydrogen-bond donors (Lipinski definition) is 1. The average Bonchev–Trinajstić information content (AvgIpc) is 2.85. The van der Waals surface area contributed by atoms with Crippen LogP contribution < -0.4 is 10.2 Å². The summed E-state index contributed by atoms with van der Waals surface area (Å²) in [6.07, 6.45) is 2.77. The van der Waals surface area contributed by atoms with E-state index in [1.807, 2.05) is 6.92 Å². The fourth-order valence-electron chi connectivity index (χ4n) is 1.43. The van der Waals surface area contributed by atoms with Crippen molar-refractivity contribution in [2.75, 3.05) is 0 Å². The largest absolute Gasteiger partial charge is 0.478 e. The van der Waals surface area contributed by atoms with Crippen molar-refractivity contribution in [3.63, 3.8) is 0 Å². The van der Waals surface area contributed by atoms with E-state index in [1.54, 1.807) is 0 Å². The third kappa shape index (κ3) is 3.41. The lowest BCUT2D eigenvalue weighted by atomic mass is 10.3. The Morgan fingerprint density at radius 1 is 1.47 bits per heavy atom. The number of ether oxygens (including phenoxy) is 1. The van der Waals surface area contributed by atoms with Gasteiger partial charge in [-0.1, -0.05) is 12.1 Å². The highest BCUT2D eigenvalue weighted by Gasteiger charge is 2.08. The van der Waals surface area contributed by atoms with Crippen LogP contribution in [-0.4, -0.2) is 15.2 Å². The monoisotopic (exact) mass is 266 g/mol. The topological polar surface area (TPSA) is 98.6 Å². The molecule has 7 nitrogen and oxygen atoms in total. The first-order chi connectivity index (χ1) is 9.22. The van der Waals surface area contributed by atoms with Crippen LogP contribution in [0, 0.1) is 0 Å². The molecule has 102 valence electrons. The van der Waals surface area contributed by atoms with Crippen molar-refractivity contribution in [2.45, 2.75) is 33.0 Å². The number of nitrogens with zero attached hydrogens (tertiary/aromatic N) is 2. The van der Waals surface area contributed by atoms with E-state index < -0.39 is 0 Å². The molecule has 0 aliphatic heterocycles. The fourth-order valence-corrected chi connectivity index (χ4v) is 1.43. The van der Waals surface area contributed by atoms with Gasteiger partial charge in [0.2, 0.25) is 22.9 Å². The number of aryl methyl sites for hydroxylation is 1. The van der Waals surface area contributed by atoms with Gasteiger partial charge in [0.1, 0.15) is 18.6 Å². The molecule has 2 aromatic heterocycles. The molecule has 0 atom stereocenters. The lowest BCUT2D eigenvalue weighted by Gasteiger charge is -2.01. The van der Waals surface area contributed by atoms with Gasteiger partial charge in [-0.25, -0.2) is 0 Å². The minimum Gasteiger partial charge on any atom is -0.478 e. The second-order valence-corrected chi connectivity index (χ2v) is 3.88. The number of hydrogen-bond acceptors (Lipinski definition) is 7. The highest BCUT2D eigenvalue weighted by Crippen LogP contribution is 2.08. The predicted octanol–water partition coefficient (Wildman–Crippen LogP) is 1.05. The molecule has 2 heterocycles. The van der Waals surface area contributed by atoms with Crippen LogP contribution in [0.3, 0.4) is 0 Å². The highest BCUT2D eigenvalue weighted by molar-refractivity contribution is 5.17. The second-order valence-electron chi connectivity index (χ2n) is 3.88. The Balaban J connectivity index is 1.99. The zero-order valence-corrected chi connectivity index (χ0v) is 10.5. The van der Waals surface area contributed by atoms with Crippen molar-refractivity contribution >= 4 is 0 Å². The summed E-state index contributed by atoms with van der Waals surface area (Å²) >= 11 is 0. The number of aliphatic hydroxyl groups is 1. The maximum absolute atomic E-state index is 11.6. The Hall–Kier alpha value is -2.15. The van der Waals surface area contributed by atoms with Crippen molar-refractivity contribution in [1.82, 2.24) is 10.1 Å². The van der Waals surface area contributed by atoms with Crippen LogP contribution in [0.2, 0.25) is 0 Å². The summed E-state index contributed by atoms with van der Waals surface area (Å²) in [5, 5.41) is 12.5. The van der Waals surface area contributed by atoms with Crippen molar-refractivity contribution in [3.05, 3.63) is 40.0 Å². The Morgan fingerprint density at radius 2 is 2.32 bits per heavy atom. The first-order valence-corrected chi connectivity index (χ1v) is 5.89. The van der Waals surface area contributed by atoms with Gasteiger partial charge in [0.05, 0.1) is 0 Å². The van der Waals surface area contributed by atoms with Gasteiger partial charge in [-0.15, -0.1) is 0 Å². The fraction of sp³-hybridized carbons (Fsp3) is 0.417. The molecule has 7 heteroatoms. The summed E-state index contributed by atoms with van der Waals surface area (Å²) in [5.74, 6) is 1.14. The van der Waals surface area contributed by atoms with E-state index in [0.717, 1.165) is 12.7 Å². The van der Waals surface area contributed by atoms with Crippen LogP contribution in [0.15, 0.2) is 26.1 Å². The second kappa shape index (κ2) is 6.14. The van der Waals surface area contributed by atoms with Crippen LogP contribution in [-0.2, 0) is 19.6 Å².